The van der Waals surface area contributed by atoms with Crippen molar-refractivity contribution in [2.24, 2.45) is 0 Å². The van der Waals surface area contributed by atoms with Crippen LogP contribution in [0.15, 0.2) is 24.3 Å². The van der Waals surface area contributed by atoms with Gasteiger partial charge in [0.2, 0.25) is 0 Å². The van der Waals surface area contributed by atoms with Gasteiger partial charge in [0.1, 0.15) is 11.9 Å². The van der Waals surface area contributed by atoms with Gasteiger partial charge >= 0.3 is 0 Å². The van der Waals surface area contributed by atoms with Crippen molar-refractivity contribution in [3.05, 3.63) is 29.8 Å². The summed E-state index contributed by atoms with van der Waals surface area (Å²) >= 11 is 0. The Morgan fingerprint density at radius 1 is 1.31 bits per heavy atom. The van der Waals surface area contributed by atoms with Crippen molar-refractivity contribution < 1.29 is 4.74 Å². The summed E-state index contributed by atoms with van der Waals surface area (Å²) in [6.07, 6.45) is 3.72. The highest BCUT2D eigenvalue weighted by molar-refractivity contribution is 5.85. The van der Waals surface area contributed by atoms with Crippen LogP contribution in [0, 0.1) is 0 Å². The van der Waals surface area contributed by atoms with Gasteiger partial charge in [0.05, 0.1) is 0 Å². The van der Waals surface area contributed by atoms with E-state index in [1.165, 1.54) is 5.56 Å². The lowest BCUT2D eigenvalue weighted by Gasteiger charge is -2.24. The molecular formula is C13H20ClNO. The molecule has 0 unspecified atom stereocenters. The van der Waals surface area contributed by atoms with E-state index in [4.69, 9.17) is 4.74 Å². The second-order valence-corrected chi connectivity index (χ2v) is 4.07. The smallest absolute Gasteiger partial charge is 0.119 e. The van der Waals surface area contributed by atoms with Crippen LogP contribution >= 0.6 is 12.4 Å². The van der Waals surface area contributed by atoms with Gasteiger partial charge in [-0.05, 0) is 50.0 Å². The van der Waals surface area contributed by atoms with Crippen molar-refractivity contribution in [1.82, 2.24) is 5.32 Å². The van der Waals surface area contributed by atoms with Crippen molar-refractivity contribution in [3.63, 3.8) is 0 Å². The fraction of sp³-hybridized carbons (Fsp3) is 0.538. The highest BCUT2D eigenvalue weighted by atomic mass is 35.5. The molecule has 0 aromatic heterocycles. The molecule has 1 aliphatic rings. The Bertz CT molecular complexity index is 311. The lowest BCUT2D eigenvalue weighted by molar-refractivity contribution is 0.162. The molecule has 3 heteroatoms. The summed E-state index contributed by atoms with van der Waals surface area (Å²) in [5, 5.41) is 3.34. The van der Waals surface area contributed by atoms with Gasteiger partial charge in [0.15, 0.2) is 0 Å². The minimum Gasteiger partial charge on any atom is -0.490 e. The summed E-state index contributed by atoms with van der Waals surface area (Å²) in [4.78, 5) is 0. The number of ether oxygens (including phenoxy) is 1. The minimum atomic E-state index is 0. The first kappa shape index (κ1) is 13.3. The van der Waals surface area contributed by atoms with Crippen molar-refractivity contribution in [1.29, 1.82) is 0 Å². The SMILES string of the molecule is CCc1cccc(OC2CCNCC2)c1.Cl. The van der Waals surface area contributed by atoms with E-state index in [9.17, 15) is 0 Å². The maximum absolute atomic E-state index is 5.96. The van der Waals surface area contributed by atoms with E-state index in [2.05, 4.69) is 36.5 Å². The van der Waals surface area contributed by atoms with Crippen LogP contribution in [-0.2, 0) is 6.42 Å². The molecule has 1 aliphatic heterocycles. The summed E-state index contributed by atoms with van der Waals surface area (Å²) in [7, 11) is 0. The maximum atomic E-state index is 5.96. The Hall–Kier alpha value is -0.730. The molecule has 2 rings (SSSR count). The molecule has 0 spiro atoms. The molecule has 0 bridgehead atoms. The highest BCUT2D eigenvalue weighted by Gasteiger charge is 2.14. The summed E-state index contributed by atoms with van der Waals surface area (Å²) in [5.74, 6) is 1.03. The van der Waals surface area contributed by atoms with Gasteiger partial charge in [0, 0.05) is 0 Å². The van der Waals surface area contributed by atoms with E-state index in [1.807, 2.05) is 0 Å². The lowest BCUT2D eigenvalue weighted by Crippen LogP contribution is -2.34. The molecular weight excluding hydrogens is 222 g/mol. The van der Waals surface area contributed by atoms with E-state index in [0.29, 0.717) is 6.10 Å². The Kier molecular flexibility index (Phi) is 5.64. The van der Waals surface area contributed by atoms with E-state index in [-0.39, 0.29) is 12.4 Å². The van der Waals surface area contributed by atoms with Crippen LogP contribution in [0.1, 0.15) is 25.3 Å². The zero-order valence-electron chi connectivity index (χ0n) is 9.74. The Morgan fingerprint density at radius 2 is 2.06 bits per heavy atom. The van der Waals surface area contributed by atoms with Crippen molar-refractivity contribution in [2.75, 3.05) is 13.1 Å². The number of nitrogens with one attached hydrogen (secondary N) is 1. The number of piperidine rings is 1. The predicted molar refractivity (Wildman–Crippen MR) is 69.6 cm³/mol. The van der Waals surface area contributed by atoms with Gasteiger partial charge in [-0.15, -0.1) is 12.4 Å². The average molecular weight is 242 g/mol. The Labute approximate surface area is 104 Å². The monoisotopic (exact) mass is 241 g/mol. The summed E-state index contributed by atoms with van der Waals surface area (Å²) < 4.78 is 5.96. The van der Waals surface area contributed by atoms with Crippen LogP contribution in [0.3, 0.4) is 0 Å². The van der Waals surface area contributed by atoms with Crippen LogP contribution in [0.2, 0.25) is 0 Å². The normalized spacial score (nSPS) is 16.6. The maximum Gasteiger partial charge on any atom is 0.119 e. The van der Waals surface area contributed by atoms with Crippen molar-refractivity contribution in [3.8, 4) is 5.75 Å². The second kappa shape index (κ2) is 6.77. The minimum absolute atomic E-state index is 0. The van der Waals surface area contributed by atoms with E-state index in [1.54, 1.807) is 0 Å². The zero-order chi connectivity index (χ0) is 10.5. The number of aryl methyl sites for hydroxylation is 1. The molecule has 0 aliphatic carbocycles. The third-order valence-corrected chi connectivity index (χ3v) is 2.90. The molecule has 1 fully saturated rings. The molecule has 1 aromatic carbocycles. The molecule has 16 heavy (non-hydrogen) atoms. The number of rotatable bonds is 3. The molecule has 1 aromatic rings. The quantitative estimate of drug-likeness (QED) is 0.879. The number of benzene rings is 1. The van der Waals surface area contributed by atoms with Gasteiger partial charge in [-0.2, -0.15) is 0 Å². The van der Waals surface area contributed by atoms with Crippen LogP contribution in [-0.4, -0.2) is 19.2 Å². The lowest BCUT2D eigenvalue weighted by atomic mass is 10.1. The summed E-state index contributed by atoms with van der Waals surface area (Å²) in [6.45, 7) is 4.33. The molecule has 1 heterocycles. The highest BCUT2D eigenvalue weighted by Crippen LogP contribution is 2.18. The van der Waals surface area contributed by atoms with Crippen molar-refractivity contribution in [2.45, 2.75) is 32.3 Å². The molecule has 0 amide bonds. The topological polar surface area (TPSA) is 21.3 Å². The Balaban J connectivity index is 0.00000128. The van der Waals surface area contributed by atoms with E-state index >= 15 is 0 Å². The van der Waals surface area contributed by atoms with E-state index < -0.39 is 0 Å². The molecule has 0 saturated carbocycles. The van der Waals surface area contributed by atoms with Crippen LogP contribution < -0.4 is 10.1 Å². The predicted octanol–water partition coefficient (Wildman–Crippen LogP) is 2.80. The van der Waals surface area contributed by atoms with Gasteiger partial charge < -0.3 is 10.1 Å². The molecule has 1 N–H and O–H groups in total. The fourth-order valence-corrected chi connectivity index (χ4v) is 1.94. The molecule has 90 valence electrons. The first-order valence-electron chi connectivity index (χ1n) is 5.85. The largest absolute Gasteiger partial charge is 0.490 e. The number of hydrogen-bond acceptors (Lipinski definition) is 2. The third-order valence-electron chi connectivity index (χ3n) is 2.90. The first-order valence-corrected chi connectivity index (χ1v) is 5.85. The summed E-state index contributed by atoms with van der Waals surface area (Å²) in [5.41, 5.74) is 1.35. The Morgan fingerprint density at radius 3 is 2.75 bits per heavy atom. The zero-order valence-corrected chi connectivity index (χ0v) is 10.6. The van der Waals surface area contributed by atoms with Gasteiger partial charge in [-0.25, -0.2) is 0 Å². The summed E-state index contributed by atoms with van der Waals surface area (Å²) in [6, 6.07) is 8.44. The van der Waals surface area contributed by atoms with Gasteiger partial charge in [-0.3, -0.25) is 0 Å². The molecule has 0 atom stereocenters. The number of halogens is 1. The first-order chi connectivity index (χ1) is 7.38. The van der Waals surface area contributed by atoms with Crippen LogP contribution in [0.5, 0.6) is 5.75 Å². The van der Waals surface area contributed by atoms with Gasteiger partial charge in [0.25, 0.3) is 0 Å². The molecule has 1 saturated heterocycles. The van der Waals surface area contributed by atoms with E-state index in [0.717, 1.165) is 38.1 Å². The molecule has 2 nitrogen and oxygen atoms in total. The van der Waals surface area contributed by atoms with Gasteiger partial charge in [-0.1, -0.05) is 19.1 Å². The molecule has 0 radical (unpaired) electrons. The van der Waals surface area contributed by atoms with Crippen LogP contribution in [0.25, 0.3) is 0 Å². The standard InChI is InChI=1S/C13H19NO.ClH/c1-2-11-4-3-5-13(10-11)15-12-6-8-14-9-7-12;/h3-5,10,12,14H,2,6-9H2,1H3;1H. The number of hydrogen-bond donors (Lipinski definition) is 1. The average Bonchev–Trinajstić information content (AvgIpc) is 2.31. The van der Waals surface area contributed by atoms with Crippen molar-refractivity contribution >= 4 is 12.4 Å². The van der Waals surface area contributed by atoms with Crippen LogP contribution in [0.4, 0.5) is 0 Å². The second-order valence-electron chi connectivity index (χ2n) is 4.07. The third kappa shape index (κ3) is 3.69. The fourth-order valence-electron chi connectivity index (χ4n) is 1.94.